The Bertz CT molecular complexity index is 813. The van der Waals surface area contributed by atoms with Crippen LogP contribution in [0.5, 0.6) is 0 Å². The van der Waals surface area contributed by atoms with E-state index in [1.807, 2.05) is 44.9 Å². The van der Waals surface area contributed by atoms with E-state index in [2.05, 4.69) is 26.2 Å². The van der Waals surface area contributed by atoms with Crippen molar-refractivity contribution >= 4 is 27.7 Å². The maximum atomic E-state index is 12.4. The summed E-state index contributed by atoms with van der Waals surface area (Å²) in [7, 11) is 0. The Labute approximate surface area is 160 Å². The second-order valence-corrected chi connectivity index (χ2v) is 7.78. The molecular formula is C18H20BrN5O2. The Morgan fingerprint density at radius 1 is 1.23 bits per heavy atom. The second-order valence-electron chi connectivity index (χ2n) is 6.86. The number of carbonyl (C=O) groups is 2. The molecule has 2 amide bonds. The lowest BCUT2D eigenvalue weighted by molar-refractivity contribution is -0.136. The molecule has 0 spiro atoms. The van der Waals surface area contributed by atoms with Crippen LogP contribution in [0.1, 0.15) is 30.1 Å². The third-order valence-electron chi connectivity index (χ3n) is 4.94. The van der Waals surface area contributed by atoms with Crippen molar-refractivity contribution in [2.75, 3.05) is 19.6 Å². The largest absolute Gasteiger partial charge is 0.338 e. The highest BCUT2D eigenvalue weighted by Crippen LogP contribution is 2.22. The minimum Gasteiger partial charge on any atom is -0.338 e. The molecule has 0 aliphatic carbocycles. The second kappa shape index (κ2) is 7.19. The molecule has 2 aliphatic heterocycles. The quantitative estimate of drug-likeness (QED) is 0.743. The maximum Gasteiger partial charge on any atom is 0.227 e. The lowest BCUT2D eigenvalue weighted by atomic mass is 10.1. The Morgan fingerprint density at radius 2 is 2.00 bits per heavy atom. The van der Waals surface area contributed by atoms with E-state index in [4.69, 9.17) is 0 Å². The number of halogens is 1. The van der Waals surface area contributed by atoms with Gasteiger partial charge in [-0.05, 0) is 24.1 Å². The molecule has 0 N–H and O–H groups in total. The highest BCUT2D eigenvalue weighted by atomic mass is 79.9. The van der Waals surface area contributed by atoms with E-state index >= 15 is 0 Å². The summed E-state index contributed by atoms with van der Waals surface area (Å²) in [5, 5.41) is 8.35. The van der Waals surface area contributed by atoms with Crippen molar-refractivity contribution in [3.8, 4) is 0 Å². The number of rotatable bonds is 5. The van der Waals surface area contributed by atoms with Crippen molar-refractivity contribution < 1.29 is 9.59 Å². The van der Waals surface area contributed by atoms with E-state index in [0.717, 1.165) is 28.7 Å². The van der Waals surface area contributed by atoms with Gasteiger partial charge in [0.25, 0.3) is 0 Å². The zero-order valence-electron chi connectivity index (χ0n) is 14.3. The summed E-state index contributed by atoms with van der Waals surface area (Å²) in [5.74, 6) is 0.319. The van der Waals surface area contributed by atoms with Gasteiger partial charge in [-0.25, -0.2) is 4.68 Å². The molecule has 2 aromatic rings. The van der Waals surface area contributed by atoms with Gasteiger partial charge >= 0.3 is 0 Å². The van der Waals surface area contributed by atoms with Gasteiger partial charge in [-0.3, -0.25) is 9.59 Å². The van der Waals surface area contributed by atoms with Crippen LogP contribution in [0, 0.1) is 0 Å². The SMILES string of the molecule is O=C1CCCN1Cc1cn(C2CN(C(=O)Cc3ccc(Br)cc3)C2)nn1. The minimum absolute atomic E-state index is 0.131. The molecule has 8 heteroatoms. The van der Waals surface area contributed by atoms with Crippen molar-refractivity contribution in [1.82, 2.24) is 24.8 Å². The highest BCUT2D eigenvalue weighted by Gasteiger charge is 2.32. The first-order valence-corrected chi connectivity index (χ1v) is 9.58. The van der Waals surface area contributed by atoms with E-state index in [0.29, 0.717) is 32.5 Å². The average molecular weight is 418 g/mol. The lowest BCUT2D eigenvalue weighted by Gasteiger charge is -2.39. The van der Waals surface area contributed by atoms with Gasteiger partial charge in [0, 0.05) is 30.5 Å². The molecule has 0 unspecified atom stereocenters. The number of hydrogen-bond acceptors (Lipinski definition) is 4. The third-order valence-corrected chi connectivity index (χ3v) is 5.47. The fraction of sp³-hybridized carbons (Fsp3) is 0.444. The summed E-state index contributed by atoms with van der Waals surface area (Å²) in [6.45, 7) is 2.63. The standard InChI is InChI=1S/C18H20BrN5O2/c19-14-5-3-13(4-6-14)8-18(26)23-11-16(12-23)24-10-15(20-21-24)9-22-7-1-2-17(22)25/h3-6,10,16H,1-2,7-9,11-12H2. The van der Waals surface area contributed by atoms with Crippen molar-refractivity contribution in [3.05, 3.63) is 46.2 Å². The van der Waals surface area contributed by atoms with E-state index < -0.39 is 0 Å². The van der Waals surface area contributed by atoms with Crippen LogP contribution >= 0.6 is 15.9 Å². The van der Waals surface area contributed by atoms with Gasteiger partial charge in [0.05, 0.1) is 25.2 Å². The number of aromatic nitrogens is 3. The van der Waals surface area contributed by atoms with Gasteiger partial charge in [-0.1, -0.05) is 33.3 Å². The van der Waals surface area contributed by atoms with Gasteiger partial charge in [0.15, 0.2) is 0 Å². The molecule has 0 atom stereocenters. The summed E-state index contributed by atoms with van der Waals surface area (Å²) < 4.78 is 2.83. The highest BCUT2D eigenvalue weighted by molar-refractivity contribution is 9.10. The van der Waals surface area contributed by atoms with Crippen LogP contribution in [0.25, 0.3) is 0 Å². The first-order valence-electron chi connectivity index (χ1n) is 8.79. The zero-order valence-corrected chi connectivity index (χ0v) is 15.9. The Balaban J connectivity index is 1.28. The lowest BCUT2D eigenvalue weighted by Crippen LogP contribution is -2.51. The summed E-state index contributed by atoms with van der Waals surface area (Å²) in [6, 6.07) is 7.98. The monoisotopic (exact) mass is 417 g/mol. The van der Waals surface area contributed by atoms with Crippen LogP contribution in [-0.4, -0.2) is 56.2 Å². The van der Waals surface area contributed by atoms with Gasteiger partial charge in [-0.2, -0.15) is 0 Å². The zero-order chi connectivity index (χ0) is 18.1. The van der Waals surface area contributed by atoms with E-state index in [1.165, 1.54) is 0 Å². The molecule has 26 heavy (non-hydrogen) atoms. The number of benzene rings is 1. The number of carbonyl (C=O) groups excluding carboxylic acids is 2. The molecule has 0 saturated carbocycles. The fourth-order valence-electron chi connectivity index (χ4n) is 3.35. The summed E-state index contributed by atoms with van der Waals surface area (Å²) >= 11 is 3.40. The molecule has 1 aromatic heterocycles. The topological polar surface area (TPSA) is 71.3 Å². The normalized spacial score (nSPS) is 17.7. The van der Waals surface area contributed by atoms with Crippen LogP contribution in [0.15, 0.2) is 34.9 Å². The van der Waals surface area contributed by atoms with Crippen LogP contribution in [0.4, 0.5) is 0 Å². The molecule has 136 valence electrons. The minimum atomic E-state index is 0.131. The van der Waals surface area contributed by atoms with Crippen LogP contribution in [0.3, 0.4) is 0 Å². The summed E-state index contributed by atoms with van der Waals surface area (Å²) in [6.07, 6.45) is 3.86. The maximum absolute atomic E-state index is 12.4. The van der Waals surface area contributed by atoms with Crippen LogP contribution in [-0.2, 0) is 22.6 Å². The number of likely N-dealkylation sites (tertiary alicyclic amines) is 2. The first kappa shape index (κ1) is 17.2. The van der Waals surface area contributed by atoms with Crippen molar-refractivity contribution in [2.45, 2.75) is 31.8 Å². The molecule has 1 aromatic carbocycles. The summed E-state index contributed by atoms with van der Waals surface area (Å²) in [5.41, 5.74) is 1.82. The number of hydrogen-bond donors (Lipinski definition) is 0. The molecule has 0 radical (unpaired) electrons. The van der Waals surface area contributed by atoms with Crippen molar-refractivity contribution in [3.63, 3.8) is 0 Å². The van der Waals surface area contributed by atoms with E-state index in [9.17, 15) is 9.59 Å². The van der Waals surface area contributed by atoms with E-state index in [1.54, 1.807) is 0 Å². The van der Waals surface area contributed by atoms with Gasteiger partial charge < -0.3 is 9.80 Å². The van der Waals surface area contributed by atoms with Crippen LogP contribution < -0.4 is 0 Å². The smallest absolute Gasteiger partial charge is 0.227 e. The molecule has 4 rings (SSSR count). The molecular weight excluding hydrogens is 398 g/mol. The number of amides is 2. The van der Waals surface area contributed by atoms with E-state index in [-0.39, 0.29) is 17.9 Å². The van der Waals surface area contributed by atoms with Gasteiger partial charge in [0.2, 0.25) is 11.8 Å². The average Bonchev–Trinajstić information content (AvgIpc) is 3.19. The predicted molar refractivity (Wildman–Crippen MR) is 98.1 cm³/mol. The van der Waals surface area contributed by atoms with Crippen molar-refractivity contribution in [1.29, 1.82) is 0 Å². The number of nitrogens with zero attached hydrogens (tertiary/aromatic N) is 5. The Hall–Kier alpha value is -2.22. The first-order chi connectivity index (χ1) is 12.6. The fourth-order valence-corrected chi connectivity index (χ4v) is 3.61. The van der Waals surface area contributed by atoms with Crippen molar-refractivity contribution in [2.24, 2.45) is 0 Å². The molecule has 0 bridgehead atoms. The van der Waals surface area contributed by atoms with Crippen LogP contribution in [0.2, 0.25) is 0 Å². The van der Waals surface area contributed by atoms with Gasteiger partial charge in [0.1, 0.15) is 5.69 Å². The van der Waals surface area contributed by atoms with Gasteiger partial charge in [-0.15, -0.1) is 5.10 Å². The summed E-state index contributed by atoms with van der Waals surface area (Å²) in [4.78, 5) is 27.7. The molecule has 7 nitrogen and oxygen atoms in total. The molecule has 2 fully saturated rings. The molecule has 2 aliphatic rings. The Morgan fingerprint density at radius 3 is 2.69 bits per heavy atom. The predicted octanol–water partition coefficient (Wildman–Crippen LogP) is 1.79. The third kappa shape index (κ3) is 3.65. The molecule has 2 saturated heterocycles. The Kier molecular flexibility index (Phi) is 4.76. The molecule has 3 heterocycles.